The summed E-state index contributed by atoms with van der Waals surface area (Å²) in [5, 5.41) is 8.67. The standard InChI is InChI=1S/C14H14FN3/c15-14-7-12(8-17)1-2-13(14)10-18-6-4-11(9-18)3-5-16/h1-2,4,6-7,9H,3,5,10,16H2. The molecule has 0 saturated carbocycles. The number of halogens is 1. The van der Waals surface area contributed by atoms with Gasteiger partial charge in [-0.25, -0.2) is 4.39 Å². The van der Waals surface area contributed by atoms with Crippen molar-refractivity contribution in [2.75, 3.05) is 6.54 Å². The SMILES string of the molecule is N#Cc1ccc(Cn2ccc(CCN)c2)c(F)c1. The molecular weight excluding hydrogens is 229 g/mol. The summed E-state index contributed by atoms with van der Waals surface area (Å²) in [6.07, 6.45) is 4.69. The molecule has 4 heteroatoms. The van der Waals surface area contributed by atoms with E-state index < -0.39 is 0 Å². The van der Waals surface area contributed by atoms with Crippen LogP contribution in [0, 0.1) is 17.1 Å². The zero-order chi connectivity index (χ0) is 13.0. The summed E-state index contributed by atoms with van der Waals surface area (Å²) >= 11 is 0. The molecule has 1 heterocycles. The highest BCUT2D eigenvalue weighted by Gasteiger charge is 2.04. The van der Waals surface area contributed by atoms with E-state index in [4.69, 9.17) is 11.0 Å². The van der Waals surface area contributed by atoms with E-state index in [0.717, 1.165) is 12.0 Å². The summed E-state index contributed by atoms with van der Waals surface area (Å²) in [6.45, 7) is 1.07. The van der Waals surface area contributed by atoms with Crippen LogP contribution in [0.4, 0.5) is 4.39 Å². The highest BCUT2D eigenvalue weighted by atomic mass is 19.1. The minimum Gasteiger partial charge on any atom is -0.350 e. The van der Waals surface area contributed by atoms with Crippen LogP contribution in [0.15, 0.2) is 36.7 Å². The Hall–Kier alpha value is -2.12. The largest absolute Gasteiger partial charge is 0.350 e. The fraction of sp³-hybridized carbons (Fsp3) is 0.214. The maximum atomic E-state index is 13.7. The van der Waals surface area contributed by atoms with Crippen LogP contribution in [0.3, 0.4) is 0 Å². The Balaban J connectivity index is 2.15. The fourth-order valence-electron chi connectivity index (χ4n) is 1.85. The van der Waals surface area contributed by atoms with Crippen molar-refractivity contribution in [3.05, 3.63) is 59.2 Å². The fourth-order valence-corrected chi connectivity index (χ4v) is 1.85. The Morgan fingerprint density at radius 3 is 2.83 bits per heavy atom. The van der Waals surface area contributed by atoms with Crippen LogP contribution in [0.1, 0.15) is 16.7 Å². The summed E-state index contributed by atoms with van der Waals surface area (Å²) < 4.78 is 15.6. The first-order valence-corrected chi connectivity index (χ1v) is 5.76. The van der Waals surface area contributed by atoms with Crippen molar-refractivity contribution in [3.63, 3.8) is 0 Å². The lowest BCUT2D eigenvalue weighted by Gasteiger charge is -2.05. The number of nitriles is 1. The first-order valence-electron chi connectivity index (χ1n) is 5.76. The Kier molecular flexibility index (Phi) is 3.75. The average molecular weight is 243 g/mol. The van der Waals surface area contributed by atoms with Gasteiger partial charge in [-0.1, -0.05) is 6.07 Å². The van der Waals surface area contributed by atoms with Gasteiger partial charge in [0.25, 0.3) is 0 Å². The summed E-state index contributed by atoms with van der Waals surface area (Å²) in [6, 6.07) is 8.44. The van der Waals surface area contributed by atoms with Crippen molar-refractivity contribution in [2.45, 2.75) is 13.0 Å². The summed E-state index contributed by atoms with van der Waals surface area (Å²) in [5.74, 6) is -0.344. The number of rotatable bonds is 4. The van der Waals surface area contributed by atoms with E-state index in [2.05, 4.69) is 0 Å². The second kappa shape index (κ2) is 5.48. The van der Waals surface area contributed by atoms with Gasteiger partial charge >= 0.3 is 0 Å². The van der Waals surface area contributed by atoms with Crippen molar-refractivity contribution in [3.8, 4) is 6.07 Å². The maximum absolute atomic E-state index is 13.7. The van der Waals surface area contributed by atoms with Gasteiger partial charge in [-0.15, -0.1) is 0 Å². The lowest BCUT2D eigenvalue weighted by molar-refractivity contribution is 0.599. The van der Waals surface area contributed by atoms with Crippen LogP contribution in [-0.2, 0) is 13.0 Å². The molecule has 2 aromatic rings. The summed E-state index contributed by atoms with van der Waals surface area (Å²) in [5.41, 5.74) is 7.54. The molecule has 0 radical (unpaired) electrons. The highest BCUT2D eigenvalue weighted by Crippen LogP contribution is 2.12. The molecule has 3 nitrogen and oxygen atoms in total. The normalized spacial score (nSPS) is 10.3. The predicted octanol–water partition coefficient (Wildman–Crippen LogP) is 2.05. The lowest BCUT2D eigenvalue weighted by atomic mass is 10.1. The Labute approximate surface area is 105 Å². The zero-order valence-electron chi connectivity index (χ0n) is 9.94. The molecule has 0 fully saturated rings. The van der Waals surface area contributed by atoms with E-state index in [-0.39, 0.29) is 5.82 Å². The molecule has 2 rings (SSSR count). The molecule has 0 bridgehead atoms. The number of hydrogen-bond donors (Lipinski definition) is 1. The molecule has 1 aromatic carbocycles. The molecule has 18 heavy (non-hydrogen) atoms. The Morgan fingerprint density at radius 2 is 2.17 bits per heavy atom. The quantitative estimate of drug-likeness (QED) is 0.893. The van der Waals surface area contributed by atoms with Crippen molar-refractivity contribution in [2.24, 2.45) is 5.73 Å². The molecular formula is C14H14FN3. The van der Waals surface area contributed by atoms with Crippen LogP contribution < -0.4 is 5.73 Å². The molecule has 1 aromatic heterocycles. The molecule has 0 aliphatic carbocycles. The van der Waals surface area contributed by atoms with Crippen LogP contribution in [0.2, 0.25) is 0 Å². The molecule has 0 amide bonds. The van der Waals surface area contributed by atoms with Crippen molar-refractivity contribution in [1.29, 1.82) is 5.26 Å². The van der Waals surface area contributed by atoms with Crippen LogP contribution in [0.25, 0.3) is 0 Å². The molecule has 2 N–H and O–H groups in total. The molecule has 92 valence electrons. The molecule has 0 unspecified atom stereocenters. The van der Waals surface area contributed by atoms with E-state index in [1.165, 1.54) is 6.07 Å². The number of aromatic nitrogens is 1. The van der Waals surface area contributed by atoms with Gasteiger partial charge in [0.1, 0.15) is 5.82 Å². The van der Waals surface area contributed by atoms with Gasteiger partial charge < -0.3 is 10.3 Å². The molecule has 0 spiro atoms. The van der Waals surface area contributed by atoms with E-state index in [9.17, 15) is 4.39 Å². The second-order valence-electron chi connectivity index (χ2n) is 4.15. The molecule has 0 aliphatic heterocycles. The summed E-state index contributed by atoms with van der Waals surface area (Å²) in [4.78, 5) is 0. The van der Waals surface area contributed by atoms with E-state index in [0.29, 0.717) is 24.2 Å². The van der Waals surface area contributed by atoms with Gasteiger partial charge in [0.15, 0.2) is 0 Å². The van der Waals surface area contributed by atoms with E-state index >= 15 is 0 Å². The number of nitrogens with two attached hydrogens (primary N) is 1. The van der Waals surface area contributed by atoms with Crippen LogP contribution in [-0.4, -0.2) is 11.1 Å². The smallest absolute Gasteiger partial charge is 0.129 e. The average Bonchev–Trinajstić information content (AvgIpc) is 2.80. The highest BCUT2D eigenvalue weighted by molar-refractivity contribution is 5.33. The van der Waals surface area contributed by atoms with Crippen LogP contribution in [0.5, 0.6) is 0 Å². The Bertz CT molecular complexity index is 581. The van der Waals surface area contributed by atoms with E-state index in [1.807, 2.05) is 29.1 Å². The van der Waals surface area contributed by atoms with Gasteiger partial charge in [0, 0.05) is 24.5 Å². The summed E-state index contributed by atoms with van der Waals surface area (Å²) in [7, 11) is 0. The third-order valence-electron chi connectivity index (χ3n) is 2.78. The number of nitrogens with zero attached hydrogens (tertiary/aromatic N) is 2. The monoisotopic (exact) mass is 243 g/mol. The topological polar surface area (TPSA) is 54.7 Å². The van der Waals surface area contributed by atoms with Gasteiger partial charge in [-0.05, 0) is 36.7 Å². The molecule has 0 saturated heterocycles. The number of benzene rings is 1. The van der Waals surface area contributed by atoms with E-state index in [1.54, 1.807) is 12.1 Å². The second-order valence-corrected chi connectivity index (χ2v) is 4.15. The zero-order valence-corrected chi connectivity index (χ0v) is 9.94. The van der Waals surface area contributed by atoms with Crippen molar-refractivity contribution >= 4 is 0 Å². The van der Waals surface area contributed by atoms with Gasteiger partial charge in [-0.2, -0.15) is 5.26 Å². The molecule has 0 atom stereocenters. The van der Waals surface area contributed by atoms with Gasteiger partial charge in [0.2, 0.25) is 0 Å². The van der Waals surface area contributed by atoms with Crippen molar-refractivity contribution < 1.29 is 4.39 Å². The predicted molar refractivity (Wildman–Crippen MR) is 67.4 cm³/mol. The Morgan fingerprint density at radius 1 is 1.33 bits per heavy atom. The third kappa shape index (κ3) is 2.76. The minimum absolute atomic E-state index is 0.340. The number of hydrogen-bond acceptors (Lipinski definition) is 2. The maximum Gasteiger partial charge on any atom is 0.129 e. The van der Waals surface area contributed by atoms with Gasteiger partial charge in [0.05, 0.1) is 11.6 Å². The third-order valence-corrected chi connectivity index (χ3v) is 2.78. The van der Waals surface area contributed by atoms with Crippen LogP contribution >= 0.6 is 0 Å². The lowest BCUT2D eigenvalue weighted by Crippen LogP contribution is -2.02. The van der Waals surface area contributed by atoms with Crippen molar-refractivity contribution in [1.82, 2.24) is 4.57 Å². The first-order chi connectivity index (χ1) is 8.72. The molecule has 0 aliphatic rings. The van der Waals surface area contributed by atoms with Gasteiger partial charge in [-0.3, -0.25) is 0 Å². The minimum atomic E-state index is -0.344. The first kappa shape index (κ1) is 12.3.